The van der Waals surface area contributed by atoms with E-state index >= 15 is 0 Å². The van der Waals surface area contributed by atoms with Crippen LogP contribution in [-0.2, 0) is 45.5 Å². The molecule has 1 fully saturated rings. The highest BCUT2D eigenvalue weighted by atomic mass is 32.1. The van der Waals surface area contributed by atoms with Gasteiger partial charge in [0.25, 0.3) is 0 Å². The van der Waals surface area contributed by atoms with Crippen molar-refractivity contribution >= 4 is 58.9 Å². The van der Waals surface area contributed by atoms with Crippen molar-refractivity contribution in [2.75, 3.05) is 26.2 Å². The highest BCUT2D eigenvalue weighted by molar-refractivity contribution is 7.16. The summed E-state index contributed by atoms with van der Waals surface area (Å²) >= 11 is 2.78. The Morgan fingerprint density at radius 2 is 1.76 bits per heavy atom. The van der Waals surface area contributed by atoms with Crippen LogP contribution in [0, 0.1) is 0 Å². The van der Waals surface area contributed by atoms with Crippen LogP contribution in [0.25, 0.3) is 32.4 Å². The number of carbonyl (C=O) groups is 1. The quantitative estimate of drug-likeness (QED) is 0.0544. The number of nitrogens with zero attached hydrogens (tertiary/aromatic N) is 4. The maximum Gasteiger partial charge on any atom is 0.349 e. The van der Waals surface area contributed by atoms with E-state index in [9.17, 15) is 19.8 Å². The second-order valence-corrected chi connectivity index (χ2v) is 26.1. The topological polar surface area (TPSA) is 155 Å². The smallest absolute Gasteiger partial charge is 0.349 e. The van der Waals surface area contributed by atoms with Gasteiger partial charge in [0, 0.05) is 49.1 Å². The summed E-state index contributed by atoms with van der Waals surface area (Å²) in [6.07, 6.45) is 4.85. The second kappa shape index (κ2) is 18.9. The highest BCUT2D eigenvalue weighted by Gasteiger charge is 2.45. The fourth-order valence-electron chi connectivity index (χ4n) is 9.31. The van der Waals surface area contributed by atoms with Crippen LogP contribution in [0.4, 0.5) is 0 Å². The van der Waals surface area contributed by atoms with Crippen LogP contribution in [0.1, 0.15) is 84.6 Å². The fourth-order valence-corrected chi connectivity index (χ4v) is 12.6. The monoisotopic (exact) mass is 944 g/mol. The zero-order valence-corrected chi connectivity index (χ0v) is 41.1. The first-order valence-electron chi connectivity index (χ1n) is 23.2. The maximum atomic E-state index is 13.9. The molecule has 0 unspecified atom stereocenters. The Labute approximate surface area is 394 Å². The van der Waals surface area contributed by atoms with Gasteiger partial charge in [0.1, 0.15) is 17.4 Å². The van der Waals surface area contributed by atoms with Crippen molar-refractivity contribution in [3.63, 3.8) is 0 Å². The lowest BCUT2D eigenvalue weighted by atomic mass is 9.99. The Hall–Kier alpha value is -5.00. The lowest BCUT2D eigenvalue weighted by Gasteiger charge is -2.39. The molecule has 7 aromatic rings. The molecular weight excluding hydrogens is 885 g/mol. The number of H-pyrrole nitrogens is 1. The number of hydrogen-bond donors (Lipinski definition) is 4. The number of piperidine rings is 1. The molecule has 1 aliphatic carbocycles. The van der Waals surface area contributed by atoms with Crippen LogP contribution in [0.5, 0.6) is 5.75 Å². The zero-order valence-electron chi connectivity index (χ0n) is 38.4. The standard InChI is InChI=1S/C51H60N6O6S2Si/c1-50(2,3)66(4,5)63-42(37-17-19-41(58)47-38(37)18-22-46(59)53-47)32-52-31-34-30-40-48(39-15-9-14-36(34)39)57(55-54-40)26-11-25-56-27-23-35(24-28-56)62-49(60)51(61,44-16-10-29-64-44)45-21-20-43(65-45)33-12-7-6-8-13-33/h6-8,10,12-13,16-22,29-30,35,42,52,58,61H,9,11,14-15,23-28,31-32H2,1-5H3,(H,53,59)/t42-,51-/m0/s1. The van der Waals surface area contributed by atoms with Crippen LogP contribution < -0.4 is 10.9 Å². The molecule has 66 heavy (non-hydrogen) atoms. The Morgan fingerprint density at radius 1 is 0.970 bits per heavy atom. The number of benzene rings is 3. The molecule has 15 heteroatoms. The third-order valence-electron chi connectivity index (χ3n) is 14.0. The number of pyridine rings is 1. The number of hydrogen-bond acceptors (Lipinski definition) is 12. The van der Waals surface area contributed by atoms with Crippen molar-refractivity contribution in [2.45, 2.75) is 108 Å². The number of nitrogens with one attached hydrogen (secondary N) is 2. The number of aromatic nitrogens is 4. The van der Waals surface area contributed by atoms with Gasteiger partial charge in [-0.2, -0.15) is 0 Å². The number of rotatable bonds is 16. The van der Waals surface area contributed by atoms with Crippen molar-refractivity contribution in [1.29, 1.82) is 0 Å². The van der Waals surface area contributed by atoms with Gasteiger partial charge in [0.15, 0.2) is 8.32 Å². The van der Waals surface area contributed by atoms with Crippen molar-refractivity contribution in [2.24, 2.45) is 0 Å². The Kier molecular flexibility index (Phi) is 13.2. The van der Waals surface area contributed by atoms with Gasteiger partial charge < -0.3 is 34.6 Å². The van der Waals surface area contributed by atoms with Crippen LogP contribution in [-0.4, -0.2) is 81.7 Å². The van der Waals surface area contributed by atoms with E-state index in [1.807, 2.05) is 60.0 Å². The minimum absolute atomic E-state index is 0.0174. The number of fused-ring (bicyclic) bond motifs is 4. The van der Waals surface area contributed by atoms with Gasteiger partial charge in [0.2, 0.25) is 11.2 Å². The summed E-state index contributed by atoms with van der Waals surface area (Å²) < 4.78 is 15.3. The van der Waals surface area contributed by atoms with E-state index in [-0.39, 0.29) is 28.6 Å². The predicted molar refractivity (Wildman–Crippen MR) is 266 cm³/mol. The third-order valence-corrected chi connectivity index (χ3v) is 20.7. The summed E-state index contributed by atoms with van der Waals surface area (Å²) in [6.45, 7) is 15.7. The summed E-state index contributed by atoms with van der Waals surface area (Å²) in [5, 5.41) is 38.5. The molecule has 1 saturated heterocycles. The van der Waals surface area contributed by atoms with E-state index in [4.69, 9.17) is 9.16 Å². The molecule has 0 amide bonds. The molecule has 0 spiro atoms. The van der Waals surface area contributed by atoms with Crippen molar-refractivity contribution < 1.29 is 24.2 Å². The van der Waals surface area contributed by atoms with Gasteiger partial charge >= 0.3 is 5.97 Å². The summed E-state index contributed by atoms with van der Waals surface area (Å²) in [7, 11) is -2.23. The molecule has 0 bridgehead atoms. The predicted octanol–water partition coefficient (Wildman–Crippen LogP) is 9.44. The van der Waals surface area contributed by atoms with Gasteiger partial charge in [-0.15, -0.1) is 27.8 Å². The van der Waals surface area contributed by atoms with E-state index in [1.165, 1.54) is 45.4 Å². The molecule has 1 aliphatic heterocycles. The van der Waals surface area contributed by atoms with Crippen molar-refractivity contribution in [3.8, 4) is 16.2 Å². The number of aromatic hydroxyl groups is 1. The molecule has 4 N–H and O–H groups in total. The summed E-state index contributed by atoms with van der Waals surface area (Å²) in [5.74, 6) is -0.576. The van der Waals surface area contributed by atoms with E-state index < -0.39 is 19.9 Å². The lowest BCUT2D eigenvalue weighted by Crippen LogP contribution is -2.43. The second-order valence-electron chi connectivity index (χ2n) is 19.3. The van der Waals surface area contributed by atoms with Gasteiger partial charge in [-0.05, 0) is 133 Å². The van der Waals surface area contributed by atoms with Crippen molar-refractivity contribution in [1.82, 2.24) is 30.2 Å². The number of esters is 1. The number of carbonyl (C=O) groups excluding carboxylic acids is 1. The number of likely N-dealkylation sites (tertiary alicyclic amines) is 1. The molecule has 0 saturated carbocycles. The fraction of sp³-hybridized carbons (Fsp3) is 0.412. The summed E-state index contributed by atoms with van der Waals surface area (Å²) in [4.78, 5) is 33.5. The van der Waals surface area contributed by atoms with Crippen molar-refractivity contribution in [3.05, 3.63) is 133 Å². The molecule has 3 aromatic carbocycles. The molecule has 12 nitrogen and oxygen atoms in total. The van der Waals surface area contributed by atoms with Crippen LogP contribution in [0.3, 0.4) is 0 Å². The van der Waals surface area contributed by atoms with E-state index in [0.29, 0.717) is 41.2 Å². The summed E-state index contributed by atoms with van der Waals surface area (Å²) in [5.41, 5.74) is 6.29. The maximum absolute atomic E-state index is 13.9. The van der Waals surface area contributed by atoms with E-state index in [0.717, 1.165) is 84.3 Å². The summed E-state index contributed by atoms with van der Waals surface area (Å²) in [6, 6.07) is 26.5. The van der Waals surface area contributed by atoms with Crippen LogP contribution >= 0.6 is 22.7 Å². The third kappa shape index (κ3) is 9.31. The number of aliphatic hydroxyl groups is 1. The minimum Gasteiger partial charge on any atom is -0.506 e. The molecule has 4 aromatic heterocycles. The van der Waals surface area contributed by atoms with Gasteiger partial charge in [-0.1, -0.05) is 68.4 Å². The number of phenols is 1. The molecule has 9 rings (SSSR count). The zero-order chi connectivity index (χ0) is 46.2. The van der Waals surface area contributed by atoms with Gasteiger partial charge in [-0.25, -0.2) is 9.48 Å². The average Bonchev–Trinajstić information content (AvgIpc) is 4.15. The molecular formula is C51H60N6O6S2Si. The number of thiophene rings is 2. The Morgan fingerprint density at radius 3 is 2.52 bits per heavy atom. The van der Waals surface area contributed by atoms with Crippen LogP contribution in [0.15, 0.2) is 95.1 Å². The number of aryl methyl sites for hydroxylation is 2. The van der Waals surface area contributed by atoms with Gasteiger partial charge in [-0.3, -0.25) is 4.79 Å². The Balaban J connectivity index is 0.821. The number of phenolic OH excluding ortho intramolecular Hbond substituents is 1. The SMILES string of the molecule is CC(C)(C)[Si](C)(C)O[C@@H](CNCc1cc2nnn(CCCN3CCC(OC(=O)[C@](O)(c4cccs4)c4ccc(-c5ccccc5)s4)CC3)c2c2c1CCC2)c1ccc(O)c2[nH]c(=O)ccc12. The normalized spacial score (nSPS) is 16.5. The Bertz CT molecular complexity index is 2880. The molecule has 0 radical (unpaired) electrons. The first kappa shape index (κ1) is 46.1. The van der Waals surface area contributed by atoms with E-state index in [2.05, 4.69) is 70.1 Å². The highest BCUT2D eigenvalue weighted by Crippen LogP contribution is 2.43. The molecule has 5 heterocycles. The number of ether oxygens (including phenoxy) is 1. The van der Waals surface area contributed by atoms with Gasteiger partial charge in [0.05, 0.1) is 26.9 Å². The molecule has 346 valence electrons. The first-order valence-corrected chi connectivity index (χ1v) is 27.8. The lowest BCUT2D eigenvalue weighted by molar-refractivity contribution is -0.169. The number of aromatic amines is 1. The van der Waals surface area contributed by atoms with Crippen LogP contribution in [0.2, 0.25) is 18.1 Å². The molecule has 2 atom stereocenters. The minimum atomic E-state index is -2.23. The van der Waals surface area contributed by atoms with E-state index in [1.54, 1.807) is 18.2 Å². The first-order chi connectivity index (χ1) is 31.7. The molecule has 2 aliphatic rings. The largest absolute Gasteiger partial charge is 0.506 e. The average molecular weight is 945 g/mol.